The van der Waals surface area contributed by atoms with Gasteiger partial charge in [-0.25, -0.2) is 0 Å². The Labute approximate surface area is 132 Å². The average molecular weight is 290 g/mol. The van der Waals surface area contributed by atoms with Crippen LogP contribution < -0.4 is 0 Å². The van der Waals surface area contributed by atoms with E-state index < -0.39 is 0 Å². The molecule has 0 aromatic rings. The van der Waals surface area contributed by atoms with Crippen molar-refractivity contribution in [3.8, 4) is 0 Å². The molecule has 0 amide bonds. The number of allylic oxidation sites excluding steroid dienone is 3. The Balaban J connectivity index is 2.88. The van der Waals surface area contributed by atoms with Crippen LogP contribution in [0.25, 0.3) is 0 Å². The highest BCUT2D eigenvalue weighted by atomic mass is 14.8. The Morgan fingerprint density at radius 1 is 1.10 bits per heavy atom. The van der Waals surface area contributed by atoms with Crippen molar-refractivity contribution >= 4 is 6.21 Å². The fourth-order valence-corrected chi connectivity index (χ4v) is 3.17. The Bertz CT molecular complexity index is 353. The summed E-state index contributed by atoms with van der Waals surface area (Å²) in [4.78, 5) is 5.04. The molecule has 0 radical (unpaired) electrons. The predicted octanol–water partition coefficient (Wildman–Crippen LogP) is 6.35. The van der Waals surface area contributed by atoms with E-state index in [1.807, 2.05) is 0 Å². The van der Waals surface area contributed by atoms with Crippen LogP contribution in [0.15, 0.2) is 29.3 Å². The molecule has 0 aliphatic carbocycles. The van der Waals surface area contributed by atoms with Crippen LogP contribution in [-0.2, 0) is 0 Å². The zero-order valence-corrected chi connectivity index (χ0v) is 14.6. The van der Waals surface area contributed by atoms with Gasteiger partial charge in [0, 0.05) is 11.6 Å². The van der Waals surface area contributed by atoms with Crippen molar-refractivity contribution < 1.29 is 0 Å². The molecule has 3 atom stereocenters. The van der Waals surface area contributed by atoms with Crippen molar-refractivity contribution in [1.29, 1.82) is 0 Å². The van der Waals surface area contributed by atoms with E-state index in [2.05, 4.69) is 58.2 Å². The lowest BCUT2D eigenvalue weighted by atomic mass is 9.83. The molecule has 0 fully saturated rings. The third-order valence-corrected chi connectivity index (χ3v) is 4.59. The summed E-state index contributed by atoms with van der Waals surface area (Å²) in [6.45, 7) is 9.28. The van der Waals surface area contributed by atoms with Gasteiger partial charge in [-0.2, -0.15) is 0 Å². The molecule has 0 N–H and O–H groups in total. The lowest BCUT2D eigenvalue weighted by Gasteiger charge is -2.26. The zero-order chi connectivity index (χ0) is 15.6. The minimum Gasteiger partial charge on any atom is -0.293 e. The van der Waals surface area contributed by atoms with Crippen molar-refractivity contribution in [1.82, 2.24) is 0 Å². The van der Waals surface area contributed by atoms with Crippen LogP contribution in [0.4, 0.5) is 0 Å². The summed E-state index contributed by atoms with van der Waals surface area (Å²) in [6, 6.07) is 0.459. The van der Waals surface area contributed by atoms with E-state index in [0.717, 1.165) is 12.8 Å². The third kappa shape index (κ3) is 7.11. The van der Waals surface area contributed by atoms with Gasteiger partial charge in [-0.3, -0.25) is 4.99 Å². The predicted molar refractivity (Wildman–Crippen MR) is 96.1 cm³/mol. The second-order valence-electron chi connectivity index (χ2n) is 6.98. The Hall–Kier alpha value is -0.850. The van der Waals surface area contributed by atoms with Gasteiger partial charge in [0.2, 0.25) is 0 Å². The van der Waals surface area contributed by atoms with Crippen LogP contribution in [0.1, 0.15) is 79.1 Å². The van der Waals surface area contributed by atoms with Gasteiger partial charge >= 0.3 is 0 Å². The average Bonchev–Trinajstić information content (AvgIpc) is 2.44. The molecular formula is C20H35N. The van der Waals surface area contributed by atoms with E-state index in [4.69, 9.17) is 4.99 Å². The van der Waals surface area contributed by atoms with Gasteiger partial charge in [0.1, 0.15) is 0 Å². The van der Waals surface area contributed by atoms with E-state index in [9.17, 15) is 0 Å². The molecule has 0 aromatic carbocycles. The summed E-state index contributed by atoms with van der Waals surface area (Å²) in [5.74, 6) is 0.681. The highest BCUT2D eigenvalue weighted by molar-refractivity contribution is 5.65. The van der Waals surface area contributed by atoms with E-state index in [1.54, 1.807) is 0 Å². The molecule has 0 aromatic heterocycles. The normalized spacial score (nSPS) is 31.9. The zero-order valence-electron chi connectivity index (χ0n) is 14.6. The molecule has 120 valence electrons. The first-order valence-electron chi connectivity index (χ1n) is 8.95. The quantitative estimate of drug-likeness (QED) is 0.522. The van der Waals surface area contributed by atoms with Crippen molar-refractivity contribution in [2.24, 2.45) is 16.3 Å². The van der Waals surface area contributed by atoms with Gasteiger partial charge in [-0.15, -0.1) is 0 Å². The summed E-state index contributed by atoms with van der Waals surface area (Å²) >= 11 is 0. The van der Waals surface area contributed by atoms with Crippen molar-refractivity contribution in [3.63, 3.8) is 0 Å². The first-order chi connectivity index (χ1) is 10.1. The number of hydrogen-bond acceptors (Lipinski definition) is 1. The van der Waals surface area contributed by atoms with Crippen LogP contribution in [0.5, 0.6) is 0 Å². The van der Waals surface area contributed by atoms with Gasteiger partial charge < -0.3 is 0 Å². The van der Waals surface area contributed by atoms with E-state index in [-0.39, 0.29) is 5.41 Å². The molecule has 0 bridgehead atoms. The molecule has 1 rings (SSSR count). The maximum Gasteiger partial charge on any atom is 0.0555 e. The highest BCUT2D eigenvalue weighted by Crippen LogP contribution is 2.28. The van der Waals surface area contributed by atoms with Crippen LogP contribution in [0.2, 0.25) is 0 Å². The smallest absolute Gasteiger partial charge is 0.0555 e. The van der Waals surface area contributed by atoms with Crippen molar-refractivity contribution in [2.75, 3.05) is 0 Å². The minimum absolute atomic E-state index is 0.234. The third-order valence-electron chi connectivity index (χ3n) is 4.59. The molecule has 0 saturated carbocycles. The summed E-state index contributed by atoms with van der Waals surface area (Å²) < 4.78 is 0. The largest absolute Gasteiger partial charge is 0.293 e. The summed E-state index contributed by atoms with van der Waals surface area (Å²) in [5, 5.41) is 0. The fourth-order valence-electron chi connectivity index (χ4n) is 3.17. The monoisotopic (exact) mass is 289 g/mol. The molecule has 1 nitrogen and oxygen atoms in total. The standard InChI is InChI=1S/C20H35N/c1-5-13-18(3)19-14-11-9-7-8-10-12-16-20(4,15-6-2)17-21-19/h9-12,17-19H,5-8,13-16H2,1-4H3/b11-9-,12-10-,21-17?. The molecular weight excluding hydrogens is 254 g/mol. The molecule has 1 heterocycles. The Morgan fingerprint density at radius 2 is 1.81 bits per heavy atom. The number of rotatable bonds is 5. The second-order valence-corrected chi connectivity index (χ2v) is 6.98. The van der Waals surface area contributed by atoms with Gasteiger partial charge in [0.05, 0.1) is 6.04 Å². The lowest BCUT2D eigenvalue weighted by molar-refractivity contribution is 0.407. The van der Waals surface area contributed by atoms with Crippen LogP contribution >= 0.6 is 0 Å². The van der Waals surface area contributed by atoms with Crippen molar-refractivity contribution in [3.05, 3.63) is 24.3 Å². The van der Waals surface area contributed by atoms with Gasteiger partial charge in [-0.05, 0) is 44.4 Å². The van der Waals surface area contributed by atoms with Crippen molar-refractivity contribution in [2.45, 2.75) is 85.1 Å². The molecule has 1 heteroatoms. The Morgan fingerprint density at radius 3 is 2.48 bits per heavy atom. The van der Waals surface area contributed by atoms with E-state index in [1.165, 1.54) is 38.5 Å². The van der Waals surface area contributed by atoms with Gasteiger partial charge in [0.25, 0.3) is 0 Å². The molecule has 1 aliphatic heterocycles. The summed E-state index contributed by atoms with van der Waals surface area (Å²) in [7, 11) is 0. The van der Waals surface area contributed by atoms with Gasteiger partial charge in [0.15, 0.2) is 0 Å². The molecule has 0 spiro atoms. The molecule has 3 unspecified atom stereocenters. The molecule has 0 saturated heterocycles. The second kappa shape index (κ2) is 9.97. The van der Waals surface area contributed by atoms with Crippen LogP contribution in [-0.4, -0.2) is 12.3 Å². The molecule has 1 aliphatic rings. The van der Waals surface area contributed by atoms with E-state index >= 15 is 0 Å². The van der Waals surface area contributed by atoms with Gasteiger partial charge in [-0.1, -0.05) is 64.8 Å². The van der Waals surface area contributed by atoms with Crippen LogP contribution in [0.3, 0.4) is 0 Å². The molecule has 21 heavy (non-hydrogen) atoms. The topological polar surface area (TPSA) is 12.4 Å². The number of aliphatic imine (C=N–C) groups is 1. The Kier molecular flexibility index (Phi) is 8.64. The number of nitrogens with zero attached hydrogens (tertiary/aromatic N) is 1. The van der Waals surface area contributed by atoms with E-state index in [0.29, 0.717) is 12.0 Å². The maximum absolute atomic E-state index is 5.04. The fraction of sp³-hybridized carbons (Fsp3) is 0.750. The minimum atomic E-state index is 0.234. The number of hydrogen-bond donors (Lipinski definition) is 0. The summed E-state index contributed by atoms with van der Waals surface area (Å²) in [6.07, 6.45) is 21.2. The first-order valence-corrected chi connectivity index (χ1v) is 8.95. The SMILES string of the molecule is CCCC(C)C1C/C=C\CC/C=C\CC(C)(CCC)C=N1. The first kappa shape index (κ1) is 18.2. The van der Waals surface area contributed by atoms with Crippen LogP contribution in [0, 0.1) is 11.3 Å². The highest BCUT2D eigenvalue weighted by Gasteiger charge is 2.21. The summed E-state index contributed by atoms with van der Waals surface area (Å²) in [5.41, 5.74) is 0.234. The lowest BCUT2D eigenvalue weighted by Crippen LogP contribution is -2.21. The maximum atomic E-state index is 5.04.